The van der Waals surface area contributed by atoms with Crippen LogP contribution < -0.4 is 14.4 Å². The minimum Gasteiger partial charge on any atom is -0.495 e. The highest BCUT2D eigenvalue weighted by Gasteiger charge is 2.22. The molecule has 0 radical (unpaired) electrons. The maximum absolute atomic E-state index is 12.6. The SMILES string of the molecule is COc1ccccc1N1CCN(CCNS(=O)(=O)c2cc([N+](=O)[O-])ccc2C)CC1. The third-order valence-electron chi connectivity index (χ3n) is 5.19. The predicted octanol–water partition coefficient (Wildman–Crippen LogP) is 2.01. The van der Waals surface area contributed by atoms with Crippen LogP contribution in [0.3, 0.4) is 0 Å². The summed E-state index contributed by atoms with van der Waals surface area (Å²) in [7, 11) is -2.16. The Morgan fingerprint density at radius 3 is 2.50 bits per heavy atom. The Morgan fingerprint density at radius 1 is 1.13 bits per heavy atom. The van der Waals surface area contributed by atoms with Gasteiger partial charge in [0.2, 0.25) is 10.0 Å². The largest absolute Gasteiger partial charge is 0.495 e. The lowest BCUT2D eigenvalue weighted by Gasteiger charge is -2.36. The van der Waals surface area contributed by atoms with Crippen molar-refractivity contribution >= 4 is 21.4 Å². The Hall–Kier alpha value is -2.69. The van der Waals surface area contributed by atoms with Gasteiger partial charge in [0.15, 0.2) is 0 Å². The summed E-state index contributed by atoms with van der Waals surface area (Å²) in [6, 6.07) is 11.7. The molecular formula is C20H26N4O5S. The summed E-state index contributed by atoms with van der Waals surface area (Å²) in [4.78, 5) is 14.7. The molecule has 0 amide bonds. The zero-order valence-electron chi connectivity index (χ0n) is 17.1. The van der Waals surface area contributed by atoms with Gasteiger partial charge < -0.3 is 9.64 Å². The number of hydrogen-bond acceptors (Lipinski definition) is 7. The van der Waals surface area contributed by atoms with E-state index in [0.717, 1.165) is 43.7 Å². The Balaban J connectivity index is 1.54. The zero-order chi connectivity index (χ0) is 21.7. The number of hydrogen-bond donors (Lipinski definition) is 1. The Kier molecular flexibility index (Phi) is 6.91. The highest BCUT2D eigenvalue weighted by atomic mass is 32.2. The minimum atomic E-state index is -3.82. The Labute approximate surface area is 176 Å². The molecule has 1 aliphatic rings. The van der Waals surface area contributed by atoms with Crippen LogP contribution in [0.1, 0.15) is 5.56 Å². The van der Waals surface area contributed by atoms with Gasteiger partial charge in [-0.25, -0.2) is 13.1 Å². The van der Waals surface area contributed by atoms with Gasteiger partial charge in [0, 0.05) is 51.4 Å². The van der Waals surface area contributed by atoms with E-state index in [-0.39, 0.29) is 17.1 Å². The number of nitro groups is 1. The first-order valence-corrected chi connectivity index (χ1v) is 11.1. The van der Waals surface area contributed by atoms with E-state index in [9.17, 15) is 18.5 Å². The molecule has 0 atom stereocenters. The normalized spacial score (nSPS) is 15.2. The van der Waals surface area contributed by atoms with Crippen molar-refractivity contribution in [2.75, 3.05) is 51.3 Å². The van der Waals surface area contributed by atoms with Gasteiger partial charge in [-0.05, 0) is 24.6 Å². The smallest absolute Gasteiger partial charge is 0.270 e. The lowest BCUT2D eigenvalue weighted by Crippen LogP contribution is -2.48. The number of nitrogens with one attached hydrogen (secondary N) is 1. The summed E-state index contributed by atoms with van der Waals surface area (Å²) < 4.78 is 33.2. The number of methoxy groups -OCH3 is 1. The maximum Gasteiger partial charge on any atom is 0.270 e. The second-order valence-corrected chi connectivity index (χ2v) is 8.84. The molecule has 3 rings (SSSR count). The van der Waals surface area contributed by atoms with Crippen molar-refractivity contribution in [3.05, 3.63) is 58.1 Å². The van der Waals surface area contributed by atoms with Crippen molar-refractivity contribution < 1.29 is 18.1 Å². The molecule has 0 bridgehead atoms. The minimum absolute atomic E-state index is 0.0577. The number of para-hydroxylation sites is 2. The number of anilines is 1. The number of rotatable bonds is 8. The number of non-ortho nitro benzene ring substituents is 1. The molecule has 0 spiro atoms. The van der Waals surface area contributed by atoms with E-state index in [1.807, 2.05) is 24.3 Å². The van der Waals surface area contributed by atoms with Crippen molar-refractivity contribution in [1.29, 1.82) is 0 Å². The van der Waals surface area contributed by atoms with Crippen LogP contribution in [0, 0.1) is 17.0 Å². The first-order chi connectivity index (χ1) is 14.3. The van der Waals surface area contributed by atoms with Gasteiger partial charge in [-0.2, -0.15) is 0 Å². The molecule has 10 heteroatoms. The van der Waals surface area contributed by atoms with E-state index in [0.29, 0.717) is 12.1 Å². The van der Waals surface area contributed by atoms with Crippen LogP contribution in [0.2, 0.25) is 0 Å². The van der Waals surface area contributed by atoms with Crippen LogP contribution >= 0.6 is 0 Å². The van der Waals surface area contributed by atoms with Gasteiger partial charge in [0.1, 0.15) is 5.75 Å². The fourth-order valence-corrected chi connectivity index (χ4v) is 4.79. The third-order valence-corrected chi connectivity index (χ3v) is 6.79. The molecule has 30 heavy (non-hydrogen) atoms. The van der Waals surface area contributed by atoms with Gasteiger partial charge in [0.25, 0.3) is 5.69 Å². The van der Waals surface area contributed by atoms with E-state index in [1.54, 1.807) is 14.0 Å². The zero-order valence-corrected chi connectivity index (χ0v) is 17.9. The van der Waals surface area contributed by atoms with Crippen LogP contribution in [0.25, 0.3) is 0 Å². The molecule has 0 saturated carbocycles. The number of ether oxygens (including phenoxy) is 1. The molecular weight excluding hydrogens is 408 g/mol. The van der Waals surface area contributed by atoms with Crippen molar-refractivity contribution in [2.24, 2.45) is 0 Å². The summed E-state index contributed by atoms with van der Waals surface area (Å²) in [6.07, 6.45) is 0. The van der Waals surface area contributed by atoms with E-state index in [2.05, 4.69) is 14.5 Å². The molecule has 1 heterocycles. The molecule has 1 aliphatic heterocycles. The molecule has 0 aromatic heterocycles. The molecule has 162 valence electrons. The fraction of sp³-hybridized carbons (Fsp3) is 0.400. The summed E-state index contributed by atoms with van der Waals surface area (Å²) >= 11 is 0. The van der Waals surface area contributed by atoms with Gasteiger partial charge in [0.05, 0.1) is 22.6 Å². The standard InChI is InChI=1S/C20H26N4O5S/c1-16-7-8-17(24(25)26)15-20(16)30(27,28)21-9-10-22-11-13-23(14-12-22)18-5-3-4-6-19(18)29-2/h3-8,15,21H,9-14H2,1-2H3. The van der Waals surface area contributed by atoms with E-state index >= 15 is 0 Å². The van der Waals surface area contributed by atoms with Crippen molar-refractivity contribution in [3.63, 3.8) is 0 Å². The third kappa shape index (κ3) is 5.07. The quantitative estimate of drug-likeness (QED) is 0.500. The number of benzene rings is 2. The molecule has 1 saturated heterocycles. The molecule has 2 aromatic carbocycles. The van der Waals surface area contributed by atoms with Gasteiger partial charge in [-0.3, -0.25) is 15.0 Å². The Morgan fingerprint density at radius 2 is 1.83 bits per heavy atom. The Bertz CT molecular complexity index is 1000. The first-order valence-electron chi connectivity index (χ1n) is 9.67. The summed E-state index contributed by atoms with van der Waals surface area (Å²) in [6.45, 7) is 5.65. The van der Waals surface area contributed by atoms with Crippen LogP contribution in [0.4, 0.5) is 11.4 Å². The van der Waals surface area contributed by atoms with Crippen LogP contribution in [0.15, 0.2) is 47.4 Å². The maximum atomic E-state index is 12.6. The van der Waals surface area contributed by atoms with Gasteiger partial charge in [-0.1, -0.05) is 18.2 Å². The first kappa shape index (κ1) is 22.0. The van der Waals surface area contributed by atoms with Crippen molar-refractivity contribution in [1.82, 2.24) is 9.62 Å². The highest BCUT2D eigenvalue weighted by molar-refractivity contribution is 7.89. The highest BCUT2D eigenvalue weighted by Crippen LogP contribution is 2.28. The second kappa shape index (κ2) is 9.41. The number of nitro benzene ring substituents is 1. The molecule has 9 nitrogen and oxygen atoms in total. The second-order valence-electron chi connectivity index (χ2n) is 7.11. The topological polar surface area (TPSA) is 105 Å². The van der Waals surface area contributed by atoms with Crippen LogP contribution in [-0.2, 0) is 10.0 Å². The van der Waals surface area contributed by atoms with Gasteiger partial charge in [-0.15, -0.1) is 0 Å². The predicted molar refractivity (Wildman–Crippen MR) is 115 cm³/mol. The lowest BCUT2D eigenvalue weighted by atomic mass is 10.2. The number of aryl methyl sites for hydroxylation is 1. The average Bonchev–Trinajstić information content (AvgIpc) is 2.74. The molecule has 1 fully saturated rings. The number of sulfonamides is 1. The van der Waals surface area contributed by atoms with Crippen LogP contribution in [-0.4, -0.2) is 64.6 Å². The summed E-state index contributed by atoms with van der Waals surface area (Å²) in [5, 5.41) is 11.0. The van der Waals surface area contributed by atoms with Crippen LogP contribution in [0.5, 0.6) is 5.75 Å². The molecule has 1 N–H and O–H groups in total. The molecule has 0 aliphatic carbocycles. The van der Waals surface area contributed by atoms with E-state index in [1.165, 1.54) is 12.1 Å². The van der Waals surface area contributed by atoms with Crippen molar-refractivity contribution in [2.45, 2.75) is 11.8 Å². The fourth-order valence-electron chi connectivity index (χ4n) is 3.51. The average molecular weight is 435 g/mol. The molecule has 0 unspecified atom stereocenters. The number of nitrogens with zero attached hydrogens (tertiary/aromatic N) is 3. The number of piperazine rings is 1. The van der Waals surface area contributed by atoms with E-state index < -0.39 is 14.9 Å². The summed E-state index contributed by atoms with van der Waals surface area (Å²) in [5.41, 5.74) is 1.29. The van der Waals surface area contributed by atoms with Gasteiger partial charge >= 0.3 is 0 Å². The van der Waals surface area contributed by atoms with Crippen molar-refractivity contribution in [3.8, 4) is 5.75 Å². The lowest BCUT2D eigenvalue weighted by molar-refractivity contribution is -0.385. The molecule has 2 aromatic rings. The van der Waals surface area contributed by atoms with E-state index in [4.69, 9.17) is 4.74 Å². The monoisotopic (exact) mass is 434 g/mol. The summed E-state index contributed by atoms with van der Waals surface area (Å²) in [5.74, 6) is 0.839.